The maximum atomic E-state index is 3.60. The fourth-order valence-electron chi connectivity index (χ4n) is 1.87. The molecule has 0 aromatic heterocycles. The summed E-state index contributed by atoms with van der Waals surface area (Å²) >= 11 is 5.66. The zero-order valence-electron chi connectivity index (χ0n) is 9.09. The molecule has 0 amide bonds. The molecule has 2 rings (SSSR count). The van der Waals surface area contributed by atoms with Crippen LogP contribution in [0, 0.1) is 6.92 Å². The van der Waals surface area contributed by atoms with E-state index in [9.17, 15) is 0 Å². The zero-order chi connectivity index (χ0) is 10.8. The molecule has 0 aliphatic carbocycles. The second-order valence-corrected chi connectivity index (χ2v) is 6.53. The quantitative estimate of drug-likeness (QED) is 0.879. The third-order valence-corrected chi connectivity index (χ3v) is 4.69. The number of thioether (sulfide) groups is 1. The van der Waals surface area contributed by atoms with Crippen molar-refractivity contribution in [2.45, 2.75) is 31.6 Å². The maximum Gasteiger partial charge on any atom is 0.0487 e. The van der Waals surface area contributed by atoms with Crippen LogP contribution in [-0.4, -0.2) is 17.0 Å². The molecular formula is C12H16BrNS. The molecule has 1 nitrogen and oxygen atoms in total. The molecule has 0 radical (unpaired) electrons. The van der Waals surface area contributed by atoms with E-state index in [1.165, 1.54) is 27.9 Å². The SMILES string of the molecule is Cc1ccc(NC2CSC(C)C2)c(Br)c1. The van der Waals surface area contributed by atoms with E-state index in [4.69, 9.17) is 0 Å². The lowest BCUT2D eigenvalue weighted by atomic mass is 10.1. The highest BCUT2D eigenvalue weighted by atomic mass is 79.9. The first kappa shape index (κ1) is 11.3. The van der Waals surface area contributed by atoms with Crippen molar-refractivity contribution in [2.75, 3.05) is 11.1 Å². The number of aryl methyl sites for hydroxylation is 1. The Hall–Kier alpha value is -0.150. The van der Waals surface area contributed by atoms with Crippen LogP contribution in [0.5, 0.6) is 0 Å². The van der Waals surface area contributed by atoms with Crippen molar-refractivity contribution in [3.05, 3.63) is 28.2 Å². The number of hydrogen-bond donors (Lipinski definition) is 1. The molecule has 0 bridgehead atoms. The molecule has 1 aromatic carbocycles. The minimum absolute atomic E-state index is 0.629. The third kappa shape index (κ3) is 2.91. The van der Waals surface area contributed by atoms with Gasteiger partial charge in [-0.25, -0.2) is 0 Å². The normalized spacial score (nSPS) is 25.5. The molecule has 1 aliphatic heterocycles. The third-order valence-electron chi connectivity index (χ3n) is 2.68. The predicted molar refractivity (Wildman–Crippen MR) is 72.8 cm³/mol. The fraction of sp³-hybridized carbons (Fsp3) is 0.500. The molecule has 0 spiro atoms. The van der Waals surface area contributed by atoms with Gasteiger partial charge in [-0.3, -0.25) is 0 Å². The predicted octanol–water partition coefficient (Wildman–Crippen LogP) is 4.06. The monoisotopic (exact) mass is 285 g/mol. The van der Waals surface area contributed by atoms with Crippen molar-refractivity contribution < 1.29 is 0 Å². The van der Waals surface area contributed by atoms with Gasteiger partial charge in [0.2, 0.25) is 0 Å². The Kier molecular flexibility index (Phi) is 3.62. The number of hydrogen-bond acceptors (Lipinski definition) is 2. The fourth-order valence-corrected chi connectivity index (χ4v) is 3.63. The van der Waals surface area contributed by atoms with Crippen LogP contribution in [-0.2, 0) is 0 Å². The van der Waals surface area contributed by atoms with E-state index in [2.05, 4.69) is 65.1 Å². The summed E-state index contributed by atoms with van der Waals surface area (Å²) in [6, 6.07) is 7.10. The molecule has 2 atom stereocenters. The second-order valence-electron chi connectivity index (χ2n) is 4.20. The molecule has 1 aliphatic rings. The smallest absolute Gasteiger partial charge is 0.0487 e. The molecule has 82 valence electrons. The van der Waals surface area contributed by atoms with Crippen LogP contribution in [0.4, 0.5) is 5.69 Å². The highest BCUT2D eigenvalue weighted by Gasteiger charge is 2.21. The summed E-state index contributed by atoms with van der Waals surface area (Å²) in [4.78, 5) is 0. The maximum absolute atomic E-state index is 3.60. The summed E-state index contributed by atoms with van der Waals surface area (Å²) in [7, 11) is 0. The van der Waals surface area contributed by atoms with E-state index in [1.54, 1.807) is 0 Å². The number of rotatable bonds is 2. The average molecular weight is 286 g/mol. The van der Waals surface area contributed by atoms with Gasteiger partial charge < -0.3 is 5.32 Å². The van der Waals surface area contributed by atoms with E-state index < -0.39 is 0 Å². The van der Waals surface area contributed by atoms with Gasteiger partial charge >= 0.3 is 0 Å². The summed E-state index contributed by atoms with van der Waals surface area (Å²) in [6.07, 6.45) is 1.27. The van der Waals surface area contributed by atoms with E-state index in [1.807, 2.05) is 0 Å². The molecule has 0 saturated carbocycles. The molecule has 1 fully saturated rings. The number of halogens is 1. The number of anilines is 1. The first-order valence-electron chi connectivity index (χ1n) is 5.29. The van der Waals surface area contributed by atoms with Crippen LogP contribution < -0.4 is 5.32 Å². The lowest BCUT2D eigenvalue weighted by Crippen LogP contribution is -2.19. The lowest BCUT2D eigenvalue weighted by Gasteiger charge is -2.15. The molecule has 2 unspecified atom stereocenters. The standard InChI is InChI=1S/C12H16BrNS/c1-8-3-4-12(11(13)5-8)14-10-6-9(2)15-7-10/h3-5,9-10,14H,6-7H2,1-2H3. The summed E-state index contributed by atoms with van der Waals surface area (Å²) in [5.74, 6) is 1.22. The van der Waals surface area contributed by atoms with Crippen LogP contribution in [0.2, 0.25) is 0 Å². The Morgan fingerprint density at radius 1 is 1.47 bits per heavy atom. The van der Waals surface area contributed by atoms with Crippen molar-refractivity contribution >= 4 is 33.4 Å². The van der Waals surface area contributed by atoms with Gasteiger partial charge in [-0.15, -0.1) is 0 Å². The number of nitrogens with one attached hydrogen (secondary N) is 1. The minimum Gasteiger partial charge on any atom is -0.381 e. The van der Waals surface area contributed by atoms with Crippen LogP contribution >= 0.6 is 27.7 Å². The number of benzene rings is 1. The van der Waals surface area contributed by atoms with Crippen LogP contribution in [0.15, 0.2) is 22.7 Å². The van der Waals surface area contributed by atoms with Gasteiger partial charge in [0.1, 0.15) is 0 Å². The van der Waals surface area contributed by atoms with Crippen molar-refractivity contribution in [1.82, 2.24) is 0 Å². The Morgan fingerprint density at radius 2 is 2.27 bits per heavy atom. The van der Waals surface area contributed by atoms with Gasteiger partial charge in [0.25, 0.3) is 0 Å². The van der Waals surface area contributed by atoms with Gasteiger partial charge in [0.15, 0.2) is 0 Å². The van der Waals surface area contributed by atoms with Crippen LogP contribution in [0.1, 0.15) is 18.9 Å². The van der Waals surface area contributed by atoms with Gasteiger partial charge in [-0.1, -0.05) is 13.0 Å². The minimum atomic E-state index is 0.629. The molecule has 1 saturated heterocycles. The van der Waals surface area contributed by atoms with Crippen molar-refractivity contribution in [2.24, 2.45) is 0 Å². The zero-order valence-corrected chi connectivity index (χ0v) is 11.5. The van der Waals surface area contributed by atoms with Crippen molar-refractivity contribution in [1.29, 1.82) is 0 Å². The van der Waals surface area contributed by atoms with Gasteiger partial charge in [0.05, 0.1) is 0 Å². The topological polar surface area (TPSA) is 12.0 Å². The van der Waals surface area contributed by atoms with Gasteiger partial charge in [-0.2, -0.15) is 11.8 Å². The van der Waals surface area contributed by atoms with Crippen LogP contribution in [0.3, 0.4) is 0 Å². The molecule has 3 heteroatoms. The highest BCUT2D eigenvalue weighted by Crippen LogP contribution is 2.31. The largest absolute Gasteiger partial charge is 0.381 e. The van der Waals surface area contributed by atoms with Crippen LogP contribution in [0.25, 0.3) is 0 Å². The molecule has 1 N–H and O–H groups in total. The summed E-state index contributed by atoms with van der Waals surface area (Å²) in [5, 5.41) is 4.40. The second kappa shape index (κ2) is 4.79. The van der Waals surface area contributed by atoms with E-state index in [0.717, 1.165) is 5.25 Å². The Morgan fingerprint density at radius 3 is 2.87 bits per heavy atom. The van der Waals surface area contributed by atoms with Crippen molar-refractivity contribution in [3.8, 4) is 0 Å². The molecule has 1 heterocycles. The summed E-state index contributed by atoms with van der Waals surface area (Å²) < 4.78 is 1.17. The Balaban J connectivity index is 2.04. The molecule has 15 heavy (non-hydrogen) atoms. The first-order chi connectivity index (χ1) is 7.15. The van der Waals surface area contributed by atoms with Gasteiger partial charge in [-0.05, 0) is 47.0 Å². The Bertz CT molecular complexity index is 353. The van der Waals surface area contributed by atoms with Gasteiger partial charge in [0, 0.05) is 27.2 Å². The summed E-state index contributed by atoms with van der Waals surface area (Å²) in [5.41, 5.74) is 2.52. The Labute approximate surface area is 104 Å². The van der Waals surface area contributed by atoms with E-state index in [-0.39, 0.29) is 0 Å². The van der Waals surface area contributed by atoms with E-state index >= 15 is 0 Å². The highest BCUT2D eigenvalue weighted by molar-refractivity contribution is 9.10. The average Bonchev–Trinajstić information content (AvgIpc) is 2.56. The molecule has 1 aromatic rings. The van der Waals surface area contributed by atoms with E-state index in [0.29, 0.717) is 6.04 Å². The lowest BCUT2D eigenvalue weighted by molar-refractivity contribution is 0.746. The van der Waals surface area contributed by atoms with Crippen molar-refractivity contribution in [3.63, 3.8) is 0 Å². The molecular weight excluding hydrogens is 270 g/mol. The first-order valence-corrected chi connectivity index (χ1v) is 7.13. The summed E-state index contributed by atoms with van der Waals surface area (Å²) in [6.45, 7) is 4.42.